The largest absolute Gasteiger partial charge is 0.310 e. The lowest BCUT2D eigenvalue weighted by Crippen LogP contribution is -2.26. The van der Waals surface area contributed by atoms with Crippen LogP contribution in [0.25, 0.3) is 112 Å². The molecular weight excluding hydrogens is 1260 g/mol. The minimum Gasteiger partial charge on any atom is -0.310 e. The smallest absolute Gasteiger partial charge is 0.0726 e. The van der Waals surface area contributed by atoms with E-state index in [1.165, 1.54) is 122 Å². The number of fused-ring (bicyclic) bond motifs is 26. The van der Waals surface area contributed by atoms with Gasteiger partial charge in [0.15, 0.2) is 0 Å². The number of nitrogens with zero attached hydrogens (tertiary/aromatic N) is 4. The number of hydrogen-bond acceptors (Lipinski definition) is 2. The number of rotatable bonds is 10. The van der Waals surface area contributed by atoms with Crippen molar-refractivity contribution in [2.45, 2.75) is 10.8 Å². The second-order valence-corrected chi connectivity index (χ2v) is 28.2. The molecule has 4 aliphatic rings. The van der Waals surface area contributed by atoms with Crippen molar-refractivity contribution in [3.63, 3.8) is 0 Å². The highest BCUT2D eigenvalue weighted by Gasteiger charge is 2.53. The zero-order valence-electron chi connectivity index (χ0n) is 56.7. The molecule has 0 N–H and O–H groups in total. The van der Waals surface area contributed by atoms with Crippen molar-refractivity contribution < 1.29 is 0 Å². The predicted octanol–water partition coefficient (Wildman–Crippen LogP) is 25.7. The molecule has 0 fully saturated rings. The van der Waals surface area contributed by atoms with E-state index >= 15 is 0 Å². The first-order valence-corrected chi connectivity index (χ1v) is 36.1. The third kappa shape index (κ3) is 8.19. The number of hydrogen-bond donors (Lipinski definition) is 0. The van der Waals surface area contributed by atoms with Crippen LogP contribution in [0.4, 0.5) is 34.1 Å². The summed E-state index contributed by atoms with van der Waals surface area (Å²) in [6, 6.07) is 140. The Morgan fingerprint density at radius 1 is 0.192 bits per heavy atom. The highest BCUT2D eigenvalue weighted by molar-refractivity contribution is 6.13. The van der Waals surface area contributed by atoms with Crippen LogP contribution in [0.3, 0.4) is 0 Å². The van der Waals surface area contributed by atoms with Crippen molar-refractivity contribution >= 4 is 89.9 Å². The first kappa shape index (κ1) is 58.3. The zero-order valence-corrected chi connectivity index (χ0v) is 56.7. The number of benzene rings is 16. The van der Waals surface area contributed by atoms with E-state index in [2.05, 4.69) is 407 Å². The topological polar surface area (TPSA) is 16.3 Å². The minimum absolute atomic E-state index is 0.435. The summed E-state index contributed by atoms with van der Waals surface area (Å²) in [6.07, 6.45) is 4.44. The molecule has 104 heavy (non-hydrogen) atoms. The van der Waals surface area contributed by atoms with Gasteiger partial charge >= 0.3 is 0 Å². The summed E-state index contributed by atoms with van der Waals surface area (Å²) in [5.74, 6) is 0. The Morgan fingerprint density at radius 3 is 0.808 bits per heavy atom. The van der Waals surface area contributed by atoms with Crippen molar-refractivity contribution in [1.29, 1.82) is 0 Å². The lowest BCUT2D eigenvalue weighted by atomic mass is 9.70. The van der Waals surface area contributed by atoms with Crippen molar-refractivity contribution in [2.75, 3.05) is 9.80 Å². The molecule has 0 radical (unpaired) electrons. The van der Waals surface area contributed by atoms with Gasteiger partial charge in [0, 0.05) is 67.0 Å². The molecular formula is C100H64N4. The molecule has 0 saturated carbocycles. The molecule has 0 amide bonds. The fourth-order valence-corrected chi connectivity index (χ4v) is 18.9. The van der Waals surface area contributed by atoms with E-state index in [-0.39, 0.29) is 0 Å². The highest BCUT2D eigenvalue weighted by Crippen LogP contribution is 2.65. The Kier molecular flexibility index (Phi) is 12.6. The zero-order chi connectivity index (χ0) is 68.2. The maximum Gasteiger partial charge on any atom is 0.0726 e. The van der Waals surface area contributed by atoms with E-state index in [0.717, 1.165) is 67.7 Å². The molecule has 0 aliphatic heterocycles. The minimum atomic E-state index is -0.435. The van der Waals surface area contributed by atoms with E-state index in [4.69, 9.17) is 0 Å². The van der Waals surface area contributed by atoms with Crippen LogP contribution in [0.15, 0.2) is 376 Å². The summed E-state index contributed by atoms with van der Waals surface area (Å²) in [5.41, 5.74) is 36.0. The van der Waals surface area contributed by atoms with Gasteiger partial charge in [0.25, 0.3) is 0 Å². The van der Waals surface area contributed by atoms with Crippen LogP contribution in [0.1, 0.15) is 55.6 Å². The van der Waals surface area contributed by atoms with Crippen LogP contribution >= 0.6 is 0 Å². The van der Waals surface area contributed by atoms with Gasteiger partial charge in [-0.15, -0.1) is 0 Å². The van der Waals surface area contributed by atoms with E-state index < -0.39 is 10.8 Å². The van der Waals surface area contributed by atoms with Gasteiger partial charge in [-0.2, -0.15) is 0 Å². The maximum absolute atomic E-state index is 2.49. The van der Waals surface area contributed by atoms with Crippen molar-refractivity contribution in [2.24, 2.45) is 0 Å². The number of para-hydroxylation sites is 4. The van der Waals surface area contributed by atoms with E-state index in [1.54, 1.807) is 0 Å². The van der Waals surface area contributed by atoms with Gasteiger partial charge in [0.05, 0.1) is 32.9 Å². The molecule has 16 aromatic carbocycles. The molecule has 0 saturated heterocycles. The van der Waals surface area contributed by atoms with E-state index in [0.29, 0.717) is 0 Å². The van der Waals surface area contributed by atoms with Gasteiger partial charge in [0.1, 0.15) is 0 Å². The van der Waals surface area contributed by atoms with Crippen LogP contribution in [-0.2, 0) is 10.8 Å². The Balaban J connectivity index is 0.581. The Bertz CT molecular complexity index is 6080. The van der Waals surface area contributed by atoms with Crippen LogP contribution in [-0.4, -0.2) is 9.13 Å². The van der Waals surface area contributed by atoms with Crippen LogP contribution in [0, 0.1) is 0 Å². The summed E-state index contributed by atoms with van der Waals surface area (Å²) in [7, 11) is 0. The third-order valence-corrected chi connectivity index (χ3v) is 23.1. The van der Waals surface area contributed by atoms with Crippen molar-refractivity contribution in [3.8, 4) is 55.9 Å². The second-order valence-electron chi connectivity index (χ2n) is 28.2. The highest BCUT2D eigenvalue weighted by atomic mass is 15.1. The lowest BCUT2D eigenvalue weighted by molar-refractivity contribution is 0.792. The molecule has 22 rings (SSSR count). The number of anilines is 6. The van der Waals surface area contributed by atoms with Crippen molar-refractivity contribution in [1.82, 2.24) is 9.13 Å². The quantitative estimate of drug-likeness (QED) is 0.127. The molecule has 18 aromatic rings. The monoisotopic (exact) mass is 1320 g/mol. The molecule has 484 valence electrons. The molecule has 4 heteroatoms. The summed E-state index contributed by atoms with van der Waals surface area (Å²) in [6.45, 7) is 0. The van der Waals surface area contributed by atoms with Gasteiger partial charge in [-0.3, -0.25) is 0 Å². The standard InChI is InChI=1S/C100H64N4/c1-3-23-67(24-4-1)101(71-55-59-97-85(61-71)83-33-13-21-41-95(83)103(97)73-53-57-81-79-31-11-19-39-91(79)99(93(81)63-73)87-35-15-7-27-75(87)76-28-8-16-36-88(76)99)69-49-45-65(46-50-69)43-44-66-47-51-70(52-48-66)102(68-25-5-2-6-26-68)72-56-60-98-86(62-72)84-34-14-22-42-96(84)104(98)74-54-58-82-80-32-12-20-40-92(80)100(94(82)64-74)89-37-17-9-29-77(89)78-30-10-18-38-90(78)100/h1-64H. The molecule has 0 unspecified atom stereocenters. The summed E-state index contributed by atoms with van der Waals surface area (Å²) in [4.78, 5) is 4.77. The van der Waals surface area contributed by atoms with Crippen molar-refractivity contribution in [3.05, 3.63) is 432 Å². The third-order valence-electron chi connectivity index (χ3n) is 23.1. The molecule has 0 atom stereocenters. The Labute approximate surface area is 603 Å². The maximum atomic E-state index is 2.49. The molecule has 2 spiro atoms. The average molecular weight is 1320 g/mol. The fraction of sp³-hybridized carbons (Fsp3) is 0.0200. The van der Waals surface area contributed by atoms with Crippen LogP contribution in [0.5, 0.6) is 0 Å². The summed E-state index contributed by atoms with van der Waals surface area (Å²) >= 11 is 0. The van der Waals surface area contributed by atoms with Gasteiger partial charge in [-0.25, -0.2) is 0 Å². The Hall–Kier alpha value is -13.5. The molecule has 2 heterocycles. The normalized spacial score (nSPS) is 13.5. The summed E-state index contributed by atoms with van der Waals surface area (Å²) in [5, 5.41) is 4.83. The first-order chi connectivity index (χ1) is 51.6. The molecule has 2 aromatic heterocycles. The lowest BCUT2D eigenvalue weighted by Gasteiger charge is -2.30. The van der Waals surface area contributed by atoms with Crippen LogP contribution in [0.2, 0.25) is 0 Å². The summed E-state index contributed by atoms with van der Waals surface area (Å²) < 4.78 is 4.97. The first-order valence-electron chi connectivity index (χ1n) is 36.1. The van der Waals surface area contributed by atoms with Gasteiger partial charge < -0.3 is 18.9 Å². The van der Waals surface area contributed by atoms with Gasteiger partial charge in [0.2, 0.25) is 0 Å². The Morgan fingerprint density at radius 2 is 0.462 bits per heavy atom. The predicted molar refractivity (Wildman–Crippen MR) is 432 cm³/mol. The molecule has 0 bridgehead atoms. The molecule has 4 nitrogen and oxygen atoms in total. The second kappa shape index (κ2) is 22.5. The van der Waals surface area contributed by atoms with Gasteiger partial charge in [-0.05, 0) is 221 Å². The average Bonchev–Trinajstić information content (AvgIpc) is 1.53. The fourth-order valence-electron chi connectivity index (χ4n) is 18.9. The van der Waals surface area contributed by atoms with E-state index in [1.807, 2.05) is 0 Å². The van der Waals surface area contributed by atoms with E-state index in [9.17, 15) is 0 Å². The number of aromatic nitrogens is 2. The molecule has 4 aliphatic carbocycles. The SMILES string of the molecule is C(=Cc1ccc(N(c2ccccc2)c2ccc3c(c2)c2ccccc2n3-c2ccc3c(c2)C2(c4ccccc4-c4ccccc42)c2ccccc2-3)cc1)c1ccc(N(c2ccccc2)c2ccc3c(c2)c2ccccc2n3-c2ccc3c(c2)C2(c4ccccc4-c4ccccc42)c2ccccc2-3)cc1. The van der Waals surface area contributed by atoms with Gasteiger partial charge in [-0.1, -0.05) is 267 Å². The van der Waals surface area contributed by atoms with Crippen LogP contribution < -0.4 is 9.80 Å².